The number of carbonyl (C=O) groups is 1. The zero-order chi connectivity index (χ0) is 16.0. The molecule has 1 unspecified atom stereocenters. The van der Waals surface area contributed by atoms with E-state index in [-0.39, 0.29) is 19.1 Å². The summed E-state index contributed by atoms with van der Waals surface area (Å²) >= 11 is 0. The van der Waals surface area contributed by atoms with Gasteiger partial charge in [0.1, 0.15) is 11.4 Å². The van der Waals surface area contributed by atoms with Crippen molar-refractivity contribution in [1.82, 2.24) is 5.32 Å². The second-order valence-electron chi connectivity index (χ2n) is 4.51. The molecule has 0 aliphatic carbocycles. The van der Waals surface area contributed by atoms with Crippen molar-refractivity contribution in [3.8, 4) is 0 Å². The third-order valence-electron chi connectivity index (χ3n) is 3.16. The largest absolute Gasteiger partial charge is 0.396 e. The normalized spacial score (nSPS) is 12.0. The van der Waals surface area contributed by atoms with E-state index < -0.39 is 33.7 Å². The Bertz CT molecular complexity index is 537. The molecule has 6 nitrogen and oxygen atoms in total. The number of aliphatic hydroxyl groups is 1. The molecule has 0 saturated carbocycles. The molecule has 1 aromatic rings. The lowest BCUT2D eigenvalue weighted by Gasteiger charge is -2.14. The maximum absolute atomic E-state index is 13.8. The lowest BCUT2D eigenvalue weighted by molar-refractivity contribution is -0.387. The van der Waals surface area contributed by atoms with Gasteiger partial charge in [-0.15, -0.1) is 0 Å². The number of aliphatic hydroxyl groups excluding tert-OH is 1. The van der Waals surface area contributed by atoms with Crippen molar-refractivity contribution in [3.63, 3.8) is 0 Å². The number of rotatable bonds is 7. The highest BCUT2D eigenvalue weighted by molar-refractivity contribution is 5.95. The molecule has 0 aromatic heterocycles. The minimum absolute atomic E-state index is 0.0382. The van der Waals surface area contributed by atoms with E-state index >= 15 is 0 Å². The van der Waals surface area contributed by atoms with Crippen molar-refractivity contribution in [2.45, 2.75) is 19.8 Å². The van der Waals surface area contributed by atoms with E-state index in [1.54, 1.807) is 0 Å². The summed E-state index contributed by atoms with van der Waals surface area (Å²) < 4.78 is 27.3. The summed E-state index contributed by atoms with van der Waals surface area (Å²) in [4.78, 5) is 21.4. The predicted octanol–water partition coefficient (Wildman–Crippen LogP) is 2.01. The summed E-state index contributed by atoms with van der Waals surface area (Å²) in [6.45, 7) is 1.91. The first-order valence-corrected chi connectivity index (χ1v) is 6.43. The van der Waals surface area contributed by atoms with Gasteiger partial charge in [0, 0.05) is 19.2 Å². The third-order valence-corrected chi connectivity index (χ3v) is 3.16. The van der Waals surface area contributed by atoms with Gasteiger partial charge in [-0.25, -0.2) is 4.39 Å². The first-order chi connectivity index (χ1) is 9.92. The van der Waals surface area contributed by atoms with Crippen LogP contribution in [0.15, 0.2) is 12.1 Å². The highest BCUT2D eigenvalue weighted by atomic mass is 19.1. The lowest BCUT2D eigenvalue weighted by atomic mass is 10.0. The van der Waals surface area contributed by atoms with Crippen LogP contribution in [0.25, 0.3) is 0 Å². The van der Waals surface area contributed by atoms with Crippen LogP contribution in [0.1, 0.15) is 30.1 Å². The molecule has 0 heterocycles. The summed E-state index contributed by atoms with van der Waals surface area (Å²) in [5, 5.41) is 21.7. The van der Waals surface area contributed by atoms with Crippen LogP contribution in [0.4, 0.5) is 14.5 Å². The summed E-state index contributed by atoms with van der Waals surface area (Å²) in [5.41, 5.74) is -1.92. The number of hydrogen-bond acceptors (Lipinski definition) is 4. The van der Waals surface area contributed by atoms with E-state index in [4.69, 9.17) is 5.11 Å². The Morgan fingerprint density at radius 3 is 2.67 bits per heavy atom. The summed E-state index contributed by atoms with van der Waals surface area (Å²) in [7, 11) is 0. The number of benzene rings is 1. The lowest BCUT2D eigenvalue weighted by Crippen LogP contribution is -2.31. The fourth-order valence-electron chi connectivity index (χ4n) is 1.85. The Labute approximate surface area is 119 Å². The van der Waals surface area contributed by atoms with Crippen molar-refractivity contribution >= 4 is 11.6 Å². The molecule has 1 aromatic carbocycles. The number of amides is 1. The molecule has 0 spiro atoms. The summed E-state index contributed by atoms with van der Waals surface area (Å²) in [6.07, 6.45) is 1.11. The highest BCUT2D eigenvalue weighted by Crippen LogP contribution is 2.23. The Morgan fingerprint density at radius 1 is 1.48 bits per heavy atom. The minimum Gasteiger partial charge on any atom is -0.396 e. The van der Waals surface area contributed by atoms with E-state index in [0.717, 1.165) is 0 Å². The molecule has 0 saturated heterocycles. The number of carbonyl (C=O) groups excluding carboxylic acids is 1. The number of nitro groups is 1. The fourth-order valence-corrected chi connectivity index (χ4v) is 1.85. The van der Waals surface area contributed by atoms with Crippen molar-refractivity contribution in [3.05, 3.63) is 39.4 Å². The zero-order valence-corrected chi connectivity index (χ0v) is 11.4. The van der Waals surface area contributed by atoms with E-state index in [9.17, 15) is 23.7 Å². The van der Waals surface area contributed by atoms with Gasteiger partial charge in [0.25, 0.3) is 5.91 Å². The zero-order valence-electron chi connectivity index (χ0n) is 11.4. The Hall–Kier alpha value is -2.09. The number of nitrogens with zero attached hydrogens (tertiary/aromatic N) is 1. The van der Waals surface area contributed by atoms with Gasteiger partial charge in [-0.05, 0) is 18.4 Å². The van der Waals surface area contributed by atoms with Crippen LogP contribution in [-0.4, -0.2) is 29.1 Å². The van der Waals surface area contributed by atoms with E-state index in [1.165, 1.54) is 0 Å². The SMILES string of the molecule is CCC(CCO)CNC(=O)c1c(F)ccc([N+](=O)[O-])c1F. The molecule has 0 aliphatic rings. The third kappa shape index (κ3) is 4.19. The molecule has 2 N–H and O–H groups in total. The first-order valence-electron chi connectivity index (χ1n) is 6.43. The second kappa shape index (κ2) is 7.63. The van der Waals surface area contributed by atoms with Gasteiger partial charge >= 0.3 is 5.69 Å². The number of nitro benzene ring substituents is 1. The van der Waals surface area contributed by atoms with Gasteiger partial charge in [0.05, 0.1) is 4.92 Å². The summed E-state index contributed by atoms with van der Waals surface area (Å²) in [5.74, 6) is -3.74. The molecular formula is C13H16F2N2O4. The van der Waals surface area contributed by atoms with Gasteiger partial charge < -0.3 is 10.4 Å². The Kier molecular flexibility index (Phi) is 6.16. The van der Waals surface area contributed by atoms with Gasteiger partial charge in [-0.3, -0.25) is 14.9 Å². The fraction of sp³-hybridized carbons (Fsp3) is 0.462. The molecule has 0 fully saturated rings. The van der Waals surface area contributed by atoms with Gasteiger partial charge in [0.15, 0.2) is 0 Å². The average molecular weight is 302 g/mol. The molecule has 0 radical (unpaired) electrons. The molecular weight excluding hydrogens is 286 g/mol. The number of halogens is 2. The maximum Gasteiger partial charge on any atom is 0.305 e. The van der Waals surface area contributed by atoms with Crippen LogP contribution < -0.4 is 5.32 Å². The number of nitrogens with one attached hydrogen (secondary N) is 1. The first kappa shape index (κ1) is 17.0. The van der Waals surface area contributed by atoms with E-state index in [1.807, 2.05) is 6.92 Å². The van der Waals surface area contributed by atoms with Gasteiger partial charge in [-0.2, -0.15) is 4.39 Å². The monoisotopic (exact) mass is 302 g/mol. The molecule has 1 amide bonds. The quantitative estimate of drug-likeness (QED) is 0.595. The van der Waals surface area contributed by atoms with Crippen LogP contribution in [0.2, 0.25) is 0 Å². The van der Waals surface area contributed by atoms with Crippen LogP contribution in [-0.2, 0) is 0 Å². The molecule has 8 heteroatoms. The van der Waals surface area contributed by atoms with Gasteiger partial charge in [-0.1, -0.05) is 13.3 Å². The van der Waals surface area contributed by atoms with Crippen molar-refractivity contribution in [2.24, 2.45) is 5.92 Å². The van der Waals surface area contributed by atoms with Crippen molar-refractivity contribution in [1.29, 1.82) is 0 Å². The van der Waals surface area contributed by atoms with Crippen LogP contribution in [0.5, 0.6) is 0 Å². The Balaban J connectivity index is 2.92. The summed E-state index contributed by atoms with van der Waals surface area (Å²) in [6, 6.07) is 1.35. The molecule has 116 valence electrons. The van der Waals surface area contributed by atoms with Crippen LogP contribution in [0, 0.1) is 27.7 Å². The van der Waals surface area contributed by atoms with Crippen LogP contribution in [0.3, 0.4) is 0 Å². The predicted molar refractivity (Wildman–Crippen MR) is 70.8 cm³/mol. The standard InChI is InChI=1S/C13H16F2N2O4/c1-2-8(5-6-18)7-16-13(19)11-9(14)3-4-10(12(11)15)17(20)21/h3-4,8,18H,2,5-7H2,1H3,(H,16,19). The molecule has 1 rings (SSSR count). The molecule has 21 heavy (non-hydrogen) atoms. The molecule has 0 bridgehead atoms. The molecule has 0 aliphatic heterocycles. The highest BCUT2D eigenvalue weighted by Gasteiger charge is 2.26. The average Bonchev–Trinajstić information content (AvgIpc) is 2.43. The van der Waals surface area contributed by atoms with Crippen molar-refractivity contribution in [2.75, 3.05) is 13.2 Å². The minimum atomic E-state index is -1.49. The second-order valence-corrected chi connectivity index (χ2v) is 4.51. The van der Waals surface area contributed by atoms with E-state index in [0.29, 0.717) is 25.0 Å². The maximum atomic E-state index is 13.8. The van der Waals surface area contributed by atoms with Crippen molar-refractivity contribution < 1.29 is 23.6 Å². The topological polar surface area (TPSA) is 92.5 Å². The van der Waals surface area contributed by atoms with E-state index in [2.05, 4.69) is 5.32 Å². The number of hydrogen-bond donors (Lipinski definition) is 2. The van der Waals surface area contributed by atoms with Crippen LogP contribution >= 0.6 is 0 Å². The van der Waals surface area contributed by atoms with Gasteiger partial charge in [0.2, 0.25) is 5.82 Å². The smallest absolute Gasteiger partial charge is 0.305 e. The molecule has 1 atom stereocenters. The Morgan fingerprint density at radius 2 is 2.14 bits per heavy atom.